The van der Waals surface area contributed by atoms with Gasteiger partial charge in [-0.1, -0.05) is 103 Å². The van der Waals surface area contributed by atoms with Crippen molar-refractivity contribution in [3.05, 3.63) is 155 Å². The molecule has 0 N–H and O–H groups in total. The normalized spacial score (nSPS) is 23.8. The maximum absolute atomic E-state index is 5.28. The minimum atomic E-state index is 0.105. The molecule has 0 fully saturated rings. The van der Waals surface area contributed by atoms with E-state index in [1.54, 1.807) is 11.3 Å². The Morgan fingerprint density at radius 1 is 0.720 bits per heavy atom. The lowest BCUT2D eigenvalue weighted by molar-refractivity contribution is 0.331. The van der Waals surface area contributed by atoms with Crippen LogP contribution in [0, 0.1) is 5.92 Å². The Bertz CT molecular complexity index is 2270. The Hall–Kier alpha value is -5.29. The number of hydrogen-bond donors (Lipinski definition) is 0. The second-order valence-electron chi connectivity index (χ2n) is 14.4. The van der Waals surface area contributed by atoms with E-state index in [0.29, 0.717) is 12.0 Å². The minimum absolute atomic E-state index is 0.105. The fraction of sp³-hybridized carbons (Fsp3) is 0.267. The zero-order valence-corrected chi connectivity index (χ0v) is 28.4. The van der Waals surface area contributed by atoms with Crippen molar-refractivity contribution in [1.29, 1.82) is 0 Å². The van der Waals surface area contributed by atoms with Gasteiger partial charge in [-0.05, 0) is 86.3 Å². The maximum Gasteiger partial charge on any atom is 0.164 e. The van der Waals surface area contributed by atoms with Crippen LogP contribution in [0.1, 0.15) is 80.3 Å². The third kappa shape index (κ3) is 4.93. The number of nitrogens with zero attached hydrogens (tertiary/aromatic N) is 5. The summed E-state index contributed by atoms with van der Waals surface area (Å²) in [6.07, 6.45) is 35.4. The summed E-state index contributed by atoms with van der Waals surface area (Å²) in [6, 6.07) is 19.8. The highest BCUT2D eigenvalue weighted by atomic mass is 15.2. The SMILES string of the molecule is C1=CCCC(c2nc(C3=CC(n4c5c(c6ccccc64)CCC=C5)CC(N4C5=C(CCCC5)C5C=CC=CC54)=C3)nc(-c3ccccc3)n2)=C1. The summed E-state index contributed by atoms with van der Waals surface area (Å²) >= 11 is 0. The standard InChI is InChI=1S/C45H41N5/c1-3-15-30(16-4-1)43-46-44(31-17-5-2-6-18-31)48-45(47-43)32-27-33(49-39-23-11-7-19-35(39)36-20-8-12-24-40(36)49)29-34(28-32)50-41-25-13-9-21-37(41)38-22-10-14-26-42(38)50/h1-5,7,9,11-13,15-17,19,21,23-25,27-28,33,37,41H,6,8,10,14,18,20,22,26,29H2. The second kappa shape index (κ2) is 12.2. The quantitative estimate of drug-likeness (QED) is 0.215. The Morgan fingerprint density at radius 3 is 2.46 bits per heavy atom. The van der Waals surface area contributed by atoms with Gasteiger partial charge in [0.25, 0.3) is 0 Å². The Morgan fingerprint density at radius 2 is 1.54 bits per heavy atom. The van der Waals surface area contributed by atoms with Crippen molar-refractivity contribution >= 4 is 28.1 Å². The number of fused-ring (bicyclic) bond motifs is 5. The van der Waals surface area contributed by atoms with Crippen molar-refractivity contribution in [2.45, 2.75) is 69.9 Å². The van der Waals surface area contributed by atoms with Crippen LogP contribution < -0.4 is 0 Å². The molecule has 3 unspecified atom stereocenters. The highest BCUT2D eigenvalue weighted by Gasteiger charge is 2.42. The summed E-state index contributed by atoms with van der Waals surface area (Å²) in [7, 11) is 0. The molecular formula is C45H41N5. The topological polar surface area (TPSA) is 46.8 Å². The Labute approximate surface area is 294 Å². The zero-order valence-electron chi connectivity index (χ0n) is 28.4. The van der Waals surface area contributed by atoms with E-state index in [9.17, 15) is 0 Å². The van der Waals surface area contributed by atoms with E-state index < -0.39 is 0 Å². The first-order chi connectivity index (χ1) is 24.8. The second-order valence-corrected chi connectivity index (χ2v) is 14.4. The van der Waals surface area contributed by atoms with Gasteiger partial charge in [0.1, 0.15) is 0 Å². The van der Waals surface area contributed by atoms with Crippen LogP contribution in [-0.2, 0) is 6.42 Å². The predicted octanol–water partition coefficient (Wildman–Crippen LogP) is 10.4. The molecule has 4 aromatic rings. The summed E-state index contributed by atoms with van der Waals surface area (Å²) in [5.74, 6) is 2.71. The summed E-state index contributed by atoms with van der Waals surface area (Å²) in [6.45, 7) is 0. The van der Waals surface area contributed by atoms with Gasteiger partial charge in [-0.3, -0.25) is 0 Å². The molecule has 2 aromatic heterocycles. The number of benzene rings is 2. The summed E-state index contributed by atoms with van der Waals surface area (Å²) in [5, 5.41) is 1.38. The summed E-state index contributed by atoms with van der Waals surface area (Å²) in [5.41, 5.74) is 11.9. The third-order valence-corrected chi connectivity index (χ3v) is 11.5. The molecule has 2 aromatic carbocycles. The van der Waals surface area contributed by atoms with E-state index in [4.69, 9.17) is 15.0 Å². The maximum atomic E-state index is 5.28. The average molecular weight is 652 g/mol. The molecule has 0 radical (unpaired) electrons. The van der Waals surface area contributed by atoms with Gasteiger partial charge < -0.3 is 9.47 Å². The molecule has 246 valence electrons. The minimum Gasteiger partial charge on any atom is -0.341 e. The number of hydrogen-bond acceptors (Lipinski definition) is 4. The fourth-order valence-electron chi connectivity index (χ4n) is 9.23. The van der Waals surface area contributed by atoms with Crippen LogP contribution in [0.4, 0.5) is 0 Å². The smallest absolute Gasteiger partial charge is 0.164 e. The highest BCUT2D eigenvalue weighted by Crippen LogP contribution is 2.49. The molecule has 10 rings (SSSR count). The first-order valence-electron chi connectivity index (χ1n) is 18.5. The number of aryl methyl sites for hydroxylation is 1. The van der Waals surface area contributed by atoms with E-state index in [0.717, 1.165) is 67.1 Å². The van der Waals surface area contributed by atoms with Crippen molar-refractivity contribution in [2.75, 3.05) is 0 Å². The van der Waals surface area contributed by atoms with Gasteiger partial charge >= 0.3 is 0 Å². The van der Waals surface area contributed by atoms with Crippen LogP contribution in [0.15, 0.2) is 132 Å². The van der Waals surface area contributed by atoms with Crippen molar-refractivity contribution < 1.29 is 0 Å². The largest absolute Gasteiger partial charge is 0.341 e. The predicted molar refractivity (Wildman–Crippen MR) is 204 cm³/mol. The van der Waals surface area contributed by atoms with Crippen LogP contribution in [0.2, 0.25) is 0 Å². The number of para-hydroxylation sites is 1. The van der Waals surface area contributed by atoms with Crippen molar-refractivity contribution in [2.24, 2.45) is 5.92 Å². The lowest BCUT2D eigenvalue weighted by atomic mass is 9.85. The van der Waals surface area contributed by atoms with Gasteiger partial charge in [-0.15, -0.1) is 0 Å². The molecule has 6 aliphatic rings. The van der Waals surface area contributed by atoms with Gasteiger partial charge in [0.15, 0.2) is 17.5 Å². The van der Waals surface area contributed by atoms with E-state index in [-0.39, 0.29) is 6.04 Å². The first-order valence-corrected chi connectivity index (χ1v) is 18.5. The fourth-order valence-corrected chi connectivity index (χ4v) is 9.23. The molecular weight excluding hydrogens is 611 g/mol. The molecule has 0 saturated heterocycles. The summed E-state index contributed by atoms with van der Waals surface area (Å²) in [4.78, 5) is 18.3. The van der Waals surface area contributed by atoms with Gasteiger partial charge in [-0.2, -0.15) is 0 Å². The third-order valence-electron chi connectivity index (χ3n) is 11.5. The molecule has 5 heteroatoms. The molecule has 0 saturated carbocycles. The molecule has 50 heavy (non-hydrogen) atoms. The Balaban J connectivity index is 1.18. The van der Waals surface area contributed by atoms with E-state index >= 15 is 0 Å². The highest BCUT2D eigenvalue weighted by molar-refractivity contribution is 5.89. The van der Waals surface area contributed by atoms with Crippen molar-refractivity contribution in [1.82, 2.24) is 24.4 Å². The number of aromatic nitrogens is 4. The molecule has 0 amide bonds. The van der Waals surface area contributed by atoms with Crippen molar-refractivity contribution in [3.63, 3.8) is 0 Å². The number of allylic oxidation sites excluding steroid dienone is 12. The average Bonchev–Trinajstić information content (AvgIpc) is 3.71. The van der Waals surface area contributed by atoms with Gasteiger partial charge in [0.2, 0.25) is 0 Å². The molecule has 3 atom stereocenters. The molecule has 0 spiro atoms. The molecule has 5 aliphatic carbocycles. The molecule has 0 bridgehead atoms. The van der Waals surface area contributed by atoms with Crippen LogP contribution in [0.5, 0.6) is 0 Å². The van der Waals surface area contributed by atoms with Gasteiger partial charge in [-0.25, -0.2) is 15.0 Å². The Kier molecular flexibility index (Phi) is 7.25. The lowest BCUT2D eigenvalue weighted by Gasteiger charge is -2.37. The van der Waals surface area contributed by atoms with E-state index in [1.165, 1.54) is 52.7 Å². The first kappa shape index (κ1) is 29.6. The summed E-state index contributed by atoms with van der Waals surface area (Å²) < 4.78 is 2.61. The van der Waals surface area contributed by atoms with Crippen LogP contribution >= 0.6 is 0 Å². The van der Waals surface area contributed by atoms with E-state index in [1.807, 2.05) is 6.07 Å². The van der Waals surface area contributed by atoms with Crippen molar-refractivity contribution in [3.8, 4) is 11.4 Å². The van der Waals surface area contributed by atoms with Crippen LogP contribution in [-0.4, -0.2) is 30.5 Å². The van der Waals surface area contributed by atoms with E-state index in [2.05, 4.69) is 125 Å². The number of rotatable bonds is 5. The molecule has 1 aliphatic heterocycles. The molecule has 3 heterocycles. The zero-order chi connectivity index (χ0) is 33.0. The van der Waals surface area contributed by atoms with Crippen LogP contribution in [0.25, 0.3) is 39.5 Å². The monoisotopic (exact) mass is 651 g/mol. The van der Waals surface area contributed by atoms with Crippen LogP contribution in [0.3, 0.4) is 0 Å². The molecule has 5 nitrogen and oxygen atoms in total. The van der Waals surface area contributed by atoms with Gasteiger partial charge in [0.05, 0.1) is 12.1 Å². The van der Waals surface area contributed by atoms with Gasteiger partial charge in [0, 0.05) is 51.5 Å². The lowest BCUT2D eigenvalue weighted by Crippen LogP contribution is -2.34.